The SMILES string of the molecule is CC[C@H](C)[C@@H](NC(=O)c1ccccc1)C(=O)NCc1nc(C)cs1. The number of hydrogen-bond acceptors (Lipinski definition) is 4. The molecule has 0 bridgehead atoms. The minimum Gasteiger partial charge on any atom is -0.348 e. The fraction of sp³-hybridized carbons (Fsp3) is 0.389. The molecule has 0 radical (unpaired) electrons. The van der Waals surface area contributed by atoms with Gasteiger partial charge in [-0.3, -0.25) is 9.59 Å². The molecule has 2 rings (SSSR count). The molecule has 0 spiro atoms. The van der Waals surface area contributed by atoms with Gasteiger partial charge in [0.2, 0.25) is 5.91 Å². The van der Waals surface area contributed by atoms with Crippen LogP contribution in [0.1, 0.15) is 41.3 Å². The first kappa shape index (κ1) is 18.1. The lowest BCUT2D eigenvalue weighted by atomic mass is 9.98. The molecule has 24 heavy (non-hydrogen) atoms. The number of thiazole rings is 1. The van der Waals surface area contributed by atoms with Crippen molar-refractivity contribution in [2.75, 3.05) is 0 Å². The van der Waals surface area contributed by atoms with Crippen molar-refractivity contribution in [3.05, 3.63) is 52.0 Å². The summed E-state index contributed by atoms with van der Waals surface area (Å²) in [4.78, 5) is 29.2. The highest BCUT2D eigenvalue weighted by Crippen LogP contribution is 2.11. The maximum atomic E-state index is 12.5. The number of rotatable bonds is 7. The zero-order valence-corrected chi connectivity index (χ0v) is 15.0. The smallest absolute Gasteiger partial charge is 0.251 e. The molecule has 6 heteroatoms. The minimum absolute atomic E-state index is 0.0377. The number of aromatic nitrogens is 1. The summed E-state index contributed by atoms with van der Waals surface area (Å²) < 4.78 is 0. The molecule has 2 N–H and O–H groups in total. The Morgan fingerprint density at radius 1 is 1.25 bits per heavy atom. The quantitative estimate of drug-likeness (QED) is 0.810. The predicted octanol–water partition coefficient (Wildman–Crippen LogP) is 2.91. The maximum absolute atomic E-state index is 12.5. The molecule has 0 saturated carbocycles. The van der Waals surface area contributed by atoms with Gasteiger partial charge in [-0.2, -0.15) is 0 Å². The number of aryl methyl sites for hydroxylation is 1. The van der Waals surface area contributed by atoms with Crippen LogP contribution in [0.2, 0.25) is 0 Å². The molecule has 2 amide bonds. The van der Waals surface area contributed by atoms with Gasteiger partial charge in [-0.25, -0.2) is 4.98 Å². The molecule has 5 nitrogen and oxygen atoms in total. The Bertz CT molecular complexity index is 685. The van der Waals surface area contributed by atoms with Crippen LogP contribution in [0.25, 0.3) is 0 Å². The molecule has 1 aromatic heterocycles. The molecule has 1 heterocycles. The molecular formula is C18H23N3O2S. The zero-order valence-electron chi connectivity index (χ0n) is 14.2. The highest BCUT2D eigenvalue weighted by atomic mass is 32.1. The molecule has 0 aliphatic rings. The topological polar surface area (TPSA) is 71.1 Å². The lowest BCUT2D eigenvalue weighted by molar-refractivity contribution is -0.124. The van der Waals surface area contributed by atoms with Gasteiger partial charge in [-0.05, 0) is 25.0 Å². The third kappa shape index (κ3) is 4.89. The van der Waals surface area contributed by atoms with Crippen LogP contribution in [-0.2, 0) is 11.3 Å². The normalized spacial score (nSPS) is 13.1. The molecule has 1 aromatic carbocycles. The monoisotopic (exact) mass is 345 g/mol. The van der Waals surface area contributed by atoms with E-state index in [0.717, 1.165) is 17.1 Å². The van der Waals surface area contributed by atoms with Gasteiger partial charge in [0.1, 0.15) is 11.0 Å². The third-order valence-electron chi connectivity index (χ3n) is 3.90. The molecule has 0 aliphatic carbocycles. The van der Waals surface area contributed by atoms with E-state index in [-0.39, 0.29) is 17.7 Å². The number of nitrogens with zero attached hydrogens (tertiary/aromatic N) is 1. The summed E-state index contributed by atoms with van der Waals surface area (Å²) in [5.41, 5.74) is 1.49. The Balaban J connectivity index is 2.01. The molecule has 0 aliphatic heterocycles. The predicted molar refractivity (Wildman–Crippen MR) is 95.8 cm³/mol. The molecule has 2 atom stereocenters. The van der Waals surface area contributed by atoms with Crippen molar-refractivity contribution >= 4 is 23.2 Å². The summed E-state index contributed by atoms with van der Waals surface area (Å²) in [6.45, 7) is 6.27. The molecule has 0 fully saturated rings. The lowest BCUT2D eigenvalue weighted by Gasteiger charge is -2.23. The highest BCUT2D eigenvalue weighted by Gasteiger charge is 2.26. The van der Waals surface area contributed by atoms with Crippen LogP contribution in [0.4, 0.5) is 0 Å². The van der Waals surface area contributed by atoms with E-state index in [9.17, 15) is 9.59 Å². The van der Waals surface area contributed by atoms with Gasteiger partial charge in [0, 0.05) is 16.6 Å². The number of benzene rings is 1. The van der Waals surface area contributed by atoms with Crippen LogP contribution in [0.5, 0.6) is 0 Å². The summed E-state index contributed by atoms with van der Waals surface area (Å²) in [5.74, 6) is -0.377. The Morgan fingerprint density at radius 2 is 1.96 bits per heavy atom. The first-order valence-corrected chi connectivity index (χ1v) is 8.93. The second kappa shape index (κ2) is 8.59. The summed E-state index contributed by atoms with van der Waals surface area (Å²) in [6.07, 6.45) is 0.795. The zero-order chi connectivity index (χ0) is 17.5. The number of carbonyl (C=O) groups is 2. The van der Waals surface area contributed by atoms with Gasteiger partial charge in [0.25, 0.3) is 5.91 Å². The van der Waals surface area contributed by atoms with Crippen molar-refractivity contribution in [2.45, 2.75) is 39.8 Å². The van der Waals surface area contributed by atoms with Crippen molar-refractivity contribution in [3.8, 4) is 0 Å². The van der Waals surface area contributed by atoms with E-state index < -0.39 is 6.04 Å². The summed E-state index contributed by atoms with van der Waals surface area (Å²) >= 11 is 1.51. The first-order chi connectivity index (χ1) is 11.5. The average molecular weight is 345 g/mol. The molecule has 0 unspecified atom stereocenters. The Labute approximate surface area is 146 Å². The lowest BCUT2D eigenvalue weighted by Crippen LogP contribution is -2.50. The number of hydrogen-bond donors (Lipinski definition) is 2. The minimum atomic E-state index is -0.566. The molecule has 128 valence electrons. The van der Waals surface area contributed by atoms with Crippen LogP contribution in [0, 0.1) is 12.8 Å². The second-order valence-corrected chi connectivity index (χ2v) is 6.75. The van der Waals surface area contributed by atoms with E-state index in [1.54, 1.807) is 24.3 Å². The number of carbonyl (C=O) groups excluding carboxylic acids is 2. The average Bonchev–Trinajstić information content (AvgIpc) is 3.02. The molecular weight excluding hydrogens is 322 g/mol. The van der Waals surface area contributed by atoms with E-state index in [4.69, 9.17) is 0 Å². The van der Waals surface area contributed by atoms with E-state index in [0.29, 0.717) is 12.1 Å². The molecule has 0 saturated heterocycles. The van der Waals surface area contributed by atoms with Crippen molar-refractivity contribution in [2.24, 2.45) is 5.92 Å². The van der Waals surface area contributed by atoms with Crippen LogP contribution in [0.15, 0.2) is 35.7 Å². The molecule has 2 aromatic rings. The van der Waals surface area contributed by atoms with Gasteiger partial charge in [-0.15, -0.1) is 11.3 Å². The van der Waals surface area contributed by atoms with Crippen LogP contribution in [0.3, 0.4) is 0 Å². The van der Waals surface area contributed by atoms with Crippen molar-refractivity contribution in [1.29, 1.82) is 0 Å². The van der Waals surface area contributed by atoms with Gasteiger partial charge >= 0.3 is 0 Å². The van der Waals surface area contributed by atoms with Crippen molar-refractivity contribution in [3.63, 3.8) is 0 Å². The van der Waals surface area contributed by atoms with Crippen LogP contribution < -0.4 is 10.6 Å². The Hall–Kier alpha value is -2.21. The third-order valence-corrected chi connectivity index (χ3v) is 4.87. The van der Waals surface area contributed by atoms with Crippen LogP contribution in [-0.4, -0.2) is 22.8 Å². The van der Waals surface area contributed by atoms with Gasteiger partial charge in [0.15, 0.2) is 0 Å². The van der Waals surface area contributed by atoms with Crippen molar-refractivity contribution in [1.82, 2.24) is 15.6 Å². The fourth-order valence-electron chi connectivity index (χ4n) is 2.27. The van der Waals surface area contributed by atoms with E-state index in [1.165, 1.54) is 11.3 Å². The summed E-state index contributed by atoms with van der Waals surface area (Å²) in [5, 5.41) is 8.54. The van der Waals surface area contributed by atoms with Crippen molar-refractivity contribution < 1.29 is 9.59 Å². The van der Waals surface area contributed by atoms with Crippen LogP contribution >= 0.6 is 11.3 Å². The Morgan fingerprint density at radius 3 is 2.54 bits per heavy atom. The van der Waals surface area contributed by atoms with E-state index >= 15 is 0 Å². The van der Waals surface area contributed by atoms with E-state index in [1.807, 2.05) is 32.2 Å². The first-order valence-electron chi connectivity index (χ1n) is 8.06. The maximum Gasteiger partial charge on any atom is 0.251 e. The van der Waals surface area contributed by atoms with Gasteiger partial charge in [-0.1, -0.05) is 38.5 Å². The van der Waals surface area contributed by atoms with Gasteiger partial charge < -0.3 is 10.6 Å². The highest BCUT2D eigenvalue weighted by molar-refractivity contribution is 7.09. The summed E-state index contributed by atoms with van der Waals surface area (Å²) in [6, 6.07) is 8.36. The largest absolute Gasteiger partial charge is 0.348 e. The summed E-state index contributed by atoms with van der Waals surface area (Å²) in [7, 11) is 0. The standard InChI is InChI=1S/C18H23N3O2S/c1-4-12(2)16(21-17(22)14-8-6-5-7-9-14)18(23)19-10-15-20-13(3)11-24-15/h5-9,11-12,16H,4,10H2,1-3H3,(H,19,23)(H,21,22)/t12-,16+/m0/s1. The second-order valence-electron chi connectivity index (χ2n) is 5.80. The van der Waals surface area contributed by atoms with E-state index in [2.05, 4.69) is 15.6 Å². The number of amides is 2. The Kier molecular flexibility index (Phi) is 6.49. The van der Waals surface area contributed by atoms with Gasteiger partial charge in [0.05, 0.1) is 6.54 Å². The number of nitrogens with one attached hydrogen (secondary N) is 2. The fourth-order valence-corrected chi connectivity index (χ4v) is 2.98.